The summed E-state index contributed by atoms with van der Waals surface area (Å²) in [6, 6.07) is 8.48. The van der Waals surface area contributed by atoms with Crippen molar-refractivity contribution < 1.29 is 9.63 Å². The summed E-state index contributed by atoms with van der Waals surface area (Å²) in [6.45, 7) is 5.69. The molecule has 0 bridgehead atoms. The zero-order chi connectivity index (χ0) is 27.0. The molecule has 0 spiro atoms. The minimum absolute atomic E-state index is 0.00795. The van der Waals surface area contributed by atoms with Crippen LogP contribution < -0.4 is 15.7 Å². The van der Waals surface area contributed by atoms with E-state index in [0.29, 0.717) is 52.0 Å². The Morgan fingerprint density at radius 3 is 2.50 bits per heavy atom. The van der Waals surface area contributed by atoms with Crippen molar-refractivity contribution in [3.05, 3.63) is 68.8 Å². The number of nitrogens with one attached hydrogen (secondary N) is 1. The van der Waals surface area contributed by atoms with Crippen LogP contribution in [0.25, 0.3) is 22.2 Å². The molecule has 1 aromatic carbocycles. The molecule has 1 saturated heterocycles. The third-order valence-corrected chi connectivity index (χ3v) is 7.25. The van der Waals surface area contributed by atoms with E-state index in [1.165, 1.54) is 7.11 Å². The predicted molar refractivity (Wildman–Crippen MR) is 149 cm³/mol. The third-order valence-electron chi connectivity index (χ3n) is 6.62. The maximum atomic E-state index is 13.3. The van der Waals surface area contributed by atoms with E-state index in [-0.39, 0.29) is 23.1 Å². The van der Waals surface area contributed by atoms with Crippen LogP contribution in [0.15, 0.2) is 47.5 Å². The molecule has 4 aromatic rings. The smallest absolute Gasteiger partial charge is 0.293 e. The molecule has 0 saturated carbocycles. The average molecular weight is 556 g/mol. The maximum Gasteiger partial charge on any atom is 0.293 e. The summed E-state index contributed by atoms with van der Waals surface area (Å²) >= 11 is 12.7. The van der Waals surface area contributed by atoms with Gasteiger partial charge < -0.3 is 24.5 Å². The van der Waals surface area contributed by atoms with Gasteiger partial charge in [0.1, 0.15) is 12.8 Å². The van der Waals surface area contributed by atoms with Gasteiger partial charge in [-0.1, -0.05) is 29.3 Å². The van der Waals surface area contributed by atoms with Crippen molar-refractivity contribution >= 4 is 51.8 Å². The Morgan fingerprint density at radius 2 is 1.84 bits per heavy atom. The molecule has 12 heteroatoms. The number of fused-ring (bicyclic) bond motifs is 1. The van der Waals surface area contributed by atoms with Gasteiger partial charge in [-0.05, 0) is 38.2 Å². The first kappa shape index (κ1) is 26.0. The number of likely N-dealkylation sites (N-methyl/N-ethyl adjacent to an activating group) is 1. The van der Waals surface area contributed by atoms with Crippen LogP contribution in [0.4, 0.5) is 11.6 Å². The highest BCUT2D eigenvalue weighted by Gasteiger charge is 2.24. The van der Waals surface area contributed by atoms with Gasteiger partial charge in [0.2, 0.25) is 5.95 Å². The average Bonchev–Trinajstić information content (AvgIpc) is 3.32. The van der Waals surface area contributed by atoms with Gasteiger partial charge >= 0.3 is 0 Å². The van der Waals surface area contributed by atoms with Crippen molar-refractivity contribution in [2.24, 2.45) is 0 Å². The van der Waals surface area contributed by atoms with Crippen LogP contribution in [0.2, 0.25) is 10.0 Å². The monoisotopic (exact) mass is 555 g/mol. The van der Waals surface area contributed by atoms with Crippen molar-refractivity contribution in [3.63, 3.8) is 0 Å². The molecule has 0 unspecified atom stereocenters. The number of carbonyl (C=O) groups is 1. The number of carbonyl (C=O) groups excluding carboxylic acids is 1. The van der Waals surface area contributed by atoms with E-state index in [1.807, 2.05) is 22.6 Å². The second-order valence-electron chi connectivity index (χ2n) is 9.03. The summed E-state index contributed by atoms with van der Waals surface area (Å²) in [4.78, 5) is 44.9. The summed E-state index contributed by atoms with van der Waals surface area (Å²) in [7, 11) is 3.43. The zero-order valence-electron chi connectivity index (χ0n) is 21.2. The van der Waals surface area contributed by atoms with E-state index in [2.05, 4.69) is 27.2 Å². The number of rotatable bonds is 6. The Bertz CT molecular complexity index is 1560. The van der Waals surface area contributed by atoms with E-state index in [1.54, 1.807) is 36.5 Å². The Hall–Kier alpha value is -3.60. The van der Waals surface area contributed by atoms with E-state index in [0.717, 1.165) is 17.8 Å². The lowest BCUT2D eigenvalue weighted by Gasteiger charge is -2.32. The van der Waals surface area contributed by atoms with Crippen LogP contribution in [0.1, 0.15) is 17.4 Å². The molecule has 0 aliphatic carbocycles. The summed E-state index contributed by atoms with van der Waals surface area (Å²) in [5.41, 5.74) is 1.74. The van der Waals surface area contributed by atoms with Gasteiger partial charge in [0.25, 0.3) is 11.5 Å². The highest BCUT2D eigenvalue weighted by molar-refractivity contribution is 6.39. The second-order valence-corrected chi connectivity index (χ2v) is 9.84. The molecule has 10 nitrogen and oxygen atoms in total. The Morgan fingerprint density at radius 1 is 1.13 bits per heavy atom. The fourth-order valence-electron chi connectivity index (χ4n) is 4.55. The molecule has 5 rings (SSSR count). The van der Waals surface area contributed by atoms with E-state index < -0.39 is 5.56 Å². The minimum Gasteiger partial charge on any atom is -0.412 e. The molecule has 0 atom stereocenters. The SMILES string of the molecule is CCn1cc(Nc2ncc3cc(-c4c(Cl)cccc4Cl)c(=O)n(OC)c3n2)cc1C(=O)N1CCN(C)CC1. The number of benzene rings is 1. The van der Waals surface area contributed by atoms with Crippen molar-refractivity contribution in [1.82, 2.24) is 29.1 Å². The quantitative estimate of drug-likeness (QED) is 0.386. The Labute approximate surface area is 229 Å². The van der Waals surface area contributed by atoms with Gasteiger partial charge in [0, 0.05) is 56.1 Å². The number of halogens is 2. The molecular formula is C26H27Cl2N7O3. The lowest BCUT2D eigenvalue weighted by Crippen LogP contribution is -2.47. The first-order valence-electron chi connectivity index (χ1n) is 12.2. The van der Waals surface area contributed by atoms with Gasteiger partial charge in [-0.15, -0.1) is 4.73 Å². The van der Waals surface area contributed by atoms with Crippen molar-refractivity contribution in [1.29, 1.82) is 0 Å². The summed E-state index contributed by atoms with van der Waals surface area (Å²) in [5.74, 6) is 0.240. The van der Waals surface area contributed by atoms with Gasteiger partial charge in [0.05, 0.1) is 21.3 Å². The van der Waals surface area contributed by atoms with E-state index in [4.69, 9.17) is 28.0 Å². The maximum absolute atomic E-state index is 13.3. The standard InChI is InChI=1S/C26H27Cl2N7O3/c1-4-33-15-17(13-21(33)25(37)34-10-8-32(2)9-11-34)30-26-29-14-16-12-18(22-19(27)6-5-7-20(22)28)24(36)35(38-3)23(16)31-26/h5-7,12-15H,4,8-11H2,1-3H3,(H,29,30,31). The fourth-order valence-corrected chi connectivity index (χ4v) is 5.15. The van der Waals surface area contributed by atoms with Crippen molar-refractivity contribution in [2.75, 3.05) is 45.7 Å². The molecule has 1 N–H and O–H groups in total. The second kappa shape index (κ2) is 10.6. The number of aryl methyl sites for hydroxylation is 1. The van der Waals surface area contributed by atoms with Gasteiger partial charge in [-0.2, -0.15) is 4.98 Å². The normalized spacial score (nSPS) is 14.2. The molecule has 1 fully saturated rings. The molecule has 0 radical (unpaired) electrons. The summed E-state index contributed by atoms with van der Waals surface area (Å²) in [5, 5.41) is 4.40. The summed E-state index contributed by atoms with van der Waals surface area (Å²) in [6.07, 6.45) is 3.43. The molecule has 3 aromatic heterocycles. The largest absolute Gasteiger partial charge is 0.412 e. The van der Waals surface area contributed by atoms with Crippen LogP contribution >= 0.6 is 23.2 Å². The van der Waals surface area contributed by atoms with Gasteiger partial charge in [-0.3, -0.25) is 9.59 Å². The van der Waals surface area contributed by atoms with Gasteiger partial charge in [-0.25, -0.2) is 4.98 Å². The third kappa shape index (κ3) is 4.82. The lowest BCUT2D eigenvalue weighted by atomic mass is 10.1. The highest BCUT2D eigenvalue weighted by Crippen LogP contribution is 2.34. The Kier molecular flexibility index (Phi) is 7.29. The van der Waals surface area contributed by atoms with Crippen LogP contribution in [-0.4, -0.2) is 75.3 Å². The number of aromatic nitrogens is 4. The number of pyridine rings is 1. The summed E-state index contributed by atoms with van der Waals surface area (Å²) < 4.78 is 2.98. The lowest BCUT2D eigenvalue weighted by molar-refractivity contribution is 0.0653. The number of amides is 1. The first-order chi connectivity index (χ1) is 18.3. The number of hydrogen-bond acceptors (Lipinski definition) is 7. The predicted octanol–water partition coefficient (Wildman–Crippen LogP) is 3.78. The number of piperazine rings is 1. The number of hydrogen-bond donors (Lipinski definition) is 1. The van der Waals surface area contributed by atoms with E-state index in [9.17, 15) is 9.59 Å². The molecular weight excluding hydrogens is 529 g/mol. The highest BCUT2D eigenvalue weighted by atomic mass is 35.5. The molecule has 1 aliphatic rings. The molecule has 1 amide bonds. The van der Waals surface area contributed by atoms with E-state index >= 15 is 0 Å². The fraction of sp³-hybridized carbons (Fsp3) is 0.308. The zero-order valence-corrected chi connectivity index (χ0v) is 22.8. The molecule has 38 heavy (non-hydrogen) atoms. The number of nitrogens with zero attached hydrogens (tertiary/aromatic N) is 6. The topological polar surface area (TPSA) is 97.5 Å². The van der Waals surface area contributed by atoms with Crippen LogP contribution in [0, 0.1) is 0 Å². The molecule has 1 aliphatic heterocycles. The minimum atomic E-state index is -0.461. The molecule has 198 valence electrons. The van der Waals surface area contributed by atoms with Crippen LogP contribution in [0.3, 0.4) is 0 Å². The van der Waals surface area contributed by atoms with Crippen LogP contribution in [-0.2, 0) is 6.54 Å². The Balaban J connectivity index is 1.48. The van der Waals surface area contributed by atoms with Crippen molar-refractivity contribution in [2.45, 2.75) is 13.5 Å². The molecule has 4 heterocycles. The van der Waals surface area contributed by atoms with Crippen LogP contribution in [0.5, 0.6) is 0 Å². The number of anilines is 2. The van der Waals surface area contributed by atoms with Crippen molar-refractivity contribution in [3.8, 4) is 11.1 Å². The first-order valence-corrected chi connectivity index (χ1v) is 12.9. The van der Waals surface area contributed by atoms with Gasteiger partial charge in [0.15, 0.2) is 5.65 Å².